The summed E-state index contributed by atoms with van der Waals surface area (Å²) in [6, 6.07) is 9.47. The van der Waals surface area contributed by atoms with Gasteiger partial charge in [0.15, 0.2) is 0 Å². The quantitative estimate of drug-likeness (QED) is 0.472. The van der Waals surface area contributed by atoms with E-state index in [1.54, 1.807) is 0 Å². The van der Waals surface area contributed by atoms with Gasteiger partial charge in [-0.3, -0.25) is 4.79 Å². The van der Waals surface area contributed by atoms with Gasteiger partial charge in [-0.1, -0.05) is 37.3 Å². The molecule has 1 N–H and O–H groups in total. The number of carbonyl (C=O) groups excluding carboxylic acids is 1. The van der Waals surface area contributed by atoms with Gasteiger partial charge in [-0.05, 0) is 18.9 Å². The summed E-state index contributed by atoms with van der Waals surface area (Å²) in [5.74, 6) is -0.227. The van der Waals surface area contributed by atoms with E-state index >= 15 is 0 Å². The van der Waals surface area contributed by atoms with Crippen LogP contribution < -0.4 is 0 Å². The van der Waals surface area contributed by atoms with E-state index in [0.29, 0.717) is 5.71 Å². The first-order valence-corrected chi connectivity index (χ1v) is 7.04. The third-order valence-corrected chi connectivity index (χ3v) is 3.62. The lowest BCUT2D eigenvalue weighted by Crippen LogP contribution is -2.26. The van der Waals surface area contributed by atoms with Gasteiger partial charge in [0.05, 0.1) is 24.3 Å². The number of rotatable bonds is 7. The normalized spacial score (nSPS) is 22.1. The summed E-state index contributed by atoms with van der Waals surface area (Å²) in [6.07, 6.45) is 1.44. The molecule has 1 aromatic carbocycles. The lowest BCUT2D eigenvalue weighted by atomic mass is 9.95. The molecule has 0 radical (unpaired) electrons. The van der Waals surface area contributed by atoms with E-state index < -0.39 is 0 Å². The zero-order valence-corrected chi connectivity index (χ0v) is 12.0. The Morgan fingerprint density at radius 3 is 2.60 bits per heavy atom. The number of benzene rings is 1. The summed E-state index contributed by atoms with van der Waals surface area (Å²) in [6.45, 7) is 4.10. The maximum atomic E-state index is 11.7. The number of ether oxygens (including phenoxy) is 2. The molecule has 1 aliphatic rings. The molecule has 1 aromatic rings. The van der Waals surface area contributed by atoms with Gasteiger partial charge in [0.25, 0.3) is 0 Å². The number of esters is 1. The smallest absolute Gasteiger partial charge is 0.310 e. The van der Waals surface area contributed by atoms with Crippen LogP contribution in [0, 0.1) is 11.3 Å². The van der Waals surface area contributed by atoms with Crippen molar-refractivity contribution >= 4 is 11.7 Å². The minimum absolute atomic E-state index is 0.0644. The van der Waals surface area contributed by atoms with Crippen LogP contribution in [-0.2, 0) is 20.7 Å². The Hall–Kier alpha value is -1.68. The first-order valence-electron chi connectivity index (χ1n) is 7.04. The molecule has 1 saturated heterocycles. The van der Waals surface area contributed by atoms with Crippen molar-refractivity contribution in [3.63, 3.8) is 0 Å². The summed E-state index contributed by atoms with van der Waals surface area (Å²) < 4.78 is 10.6. The molecule has 4 heteroatoms. The second kappa shape index (κ2) is 6.66. The molecule has 0 saturated carbocycles. The van der Waals surface area contributed by atoms with Crippen LogP contribution >= 0.6 is 0 Å². The highest BCUT2D eigenvalue weighted by Crippen LogP contribution is 2.31. The van der Waals surface area contributed by atoms with Crippen molar-refractivity contribution in [2.24, 2.45) is 5.92 Å². The first kappa shape index (κ1) is 14.7. The standard InChI is InChI=1S/C16H21NO3/c1-3-13(16-11(2)20-16)14(17)10-19-15(18)9-12-7-5-4-6-8-12/h4-8,11,13,16-17H,3,9-10H2,1-2H3/t11-,13?,16-/m0/s1. The van der Waals surface area contributed by atoms with Gasteiger partial charge in [0.1, 0.15) is 6.61 Å². The van der Waals surface area contributed by atoms with Crippen molar-refractivity contribution in [1.82, 2.24) is 0 Å². The lowest BCUT2D eigenvalue weighted by Gasteiger charge is -2.14. The van der Waals surface area contributed by atoms with Crippen LogP contribution in [0.5, 0.6) is 0 Å². The predicted octanol–water partition coefficient (Wildman–Crippen LogP) is 2.61. The van der Waals surface area contributed by atoms with Crippen molar-refractivity contribution < 1.29 is 14.3 Å². The maximum Gasteiger partial charge on any atom is 0.310 e. The second-order valence-corrected chi connectivity index (χ2v) is 5.17. The fourth-order valence-electron chi connectivity index (χ4n) is 2.38. The lowest BCUT2D eigenvalue weighted by molar-refractivity contribution is -0.141. The molecule has 1 aliphatic heterocycles. The molecule has 1 fully saturated rings. The minimum atomic E-state index is -0.291. The van der Waals surface area contributed by atoms with E-state index in [9.17, 15) is 4.79 Å². The predicted molar refractivity (Wildman–Crippen MR) is 76.9 cm³/mol. The van der Waals surface area contributed by atoms with E-state index in [4.69, 9.17) is 14.9 Å². The molecular weight excluding hydrogens is 254 g/mol. The first-order chi connectivity index (χ1) is 9.61. The second-order valence-electron chi connectivity index (χ2n) is 5.17. The topological polar surface area (TPSA) is 62.7 Å². The Morgan fingerprint density at radius 2 is 2.05 bits per heavy atom. The molecular formula is C16H21NO3. The van der Waals surface area contributed by atoms with E-state index in [1.165, 1.54) is 0 Å². The molecule has 0 spiro atoms. The monoisotopic (exact) mass is 275 g/mol. The molecule has 0 aromatic heterocycles. The zero-order valence-electron chi connectivity index (χ0n) is 12.0. The molecule has 1 unspecified atom stereocenters. The van der Waals surface area contributed by atoms with Gasteiger partial charge in [0.2, 0.25) is 0 Å². The third-order valence-electron chi connectivity index (χ3n) is 3.62. The fourth-order valence-corrected chi connectivity index (χ4v) is 2.38. The molecule has 2 rings (SSSR count). The van der Waals surface area contributed by atoms with Crippen LogP contribution in [0.2, 0.25) is 0 Å². The van der Waals surface area contributed by atoms with Crippen molar-refractivity contribution in [1.29, 1.82) is 5.41 Å². The minimum Gasteiger partial charge on any atom is -0.459 e. The Balaban J connectivity index is 1.76. The Labute approximate surface area is 119 Å². The molecule has 108 valence electrons. The summed E-state index contributed by atoms with van der Waals surface area (Å²) in [7, 11) is 0. The van der Waals surface area contributed by atoms with Crippen molar-refractivity contribution in [2.45, 2.75) is 38.9 Å². The molecule has 0 amide bonds. The highest BCUT2D eigenvalue weighted by molar-refractivity contribution is 5.87. The average molecular weight is 275 g/mol. The van der Waals surface area contributed by atoms with Crippen LogP contribution in [0.4, 0.5) is 0 Å². The summed E-state index contributed by atoms with van der Waals surface area (Å²) in [4.78, 5) is 11.7. The Morgan fingerprint density at radius 1 is 1.40 bits per heavy atom. The van der Waals surface area contributed by atoms with Crippen LogP contribution in [0.3, 0.4) is 0 Å². The number of epoxide rings is 1. The summed E-state index contributed by atoms with van der Waals surface area (Å²) in [5.41, 5.74) is 1.37. The highest BCUT2D eigenvalue weighted by atomic mass is 16.6. The fraction of sp³-hybridized carbons (Fsp3) is 0.500. The van der Waals surface area contributed by atoms with Crippen LogP contribution in [0.15, 0.2) is 30.3 Å². The van der Waals surface area contributed by atoms with Crippen LogP contribution in [0.1, 0.15) is 25.8 Å². The van der Waals surface area contributed by atoms with Gasteiger partial charge in [-0.25, -0.2) is 0 Å². The van der Waals surface area contributed by atoms with E-state index in [-0.39, 0.29) is 37.1 Å². The summed E-state index contributed by atoms with van der Waals surface area (Å²) in [5, 5.41) is 8.02. The largest absolute Gasteiger partial charge is 0.459 e. The number of carbonyl (C=O) groups is 1. The third kappa shape index (κ3) is 3.90. The van der Waals surface area contributed by atoms with Gasteiger partial charge in [0, 0.05) is 5.92 Å². The van der Waals surface area contributed by atoms with E-state index in [2.05, 4.69) is 0 Å². The average Bonchev–Trinajstić information content (AvgIpc) is 3.15. The van der Waals surface area contributed by atoms with Crippen molar-refractivity contribution in [3.8, 4) is 0 Å². The number of hydrogen-bond acceptors (Lipinski definition) is 4. The van der Waals surface area contributed by atoms with Gasteiger partial charge >= 0.3 is 5.97 Å². The van der Waals surface area contributed by atoms with Gasteiger partial charge < -0.3 is 14.9 Å². The van der Waals surface area contributed by atoms with Crippen LogP contribution in [0.25, 0.3) is 0 Å². The number of hydrogen-bond donors (Lipinski definition) is 1. The SMILES string of the molecule is CCC(C(=N)COC(=O)Cc1ccccc1)[C@H]1O[C@H]1C. The molecule has 4 nitrogen and oxygen atoms in total. The molecule has 3 atom stereocenters. The van der Waals surface area contributed by atoms with E-state index in [1.807, 2.05) is 44.2 Å². The van der Waals surface area contributed by atoms with Crippen molar-refractivity contribution in [3.05, 3.63) is 35.9 Å². The maximum absolute atomic E-state index is 11.7. The van der Waals surface area contributed by atoms with Gasteiger partial charge in [-0.2, -0.15) is 0 Å². The molecule has 20 heavy (non-hydrogen) atoms. The molecule has 0 bridgehead atoms. The Bertz CT molecular complexity index is 472. The zero-order chi connectivity index (χ0) is 14.5. The van der Waals surface area contributed by atoms with E-state index in [0.717, 1.165) is 12.0 Å². The molecule has 1 heterocycles. The number of nitrogens with one attached hydrogen (secondary N) is 1. The van der Waals surface area contributed by atoms with Crippen molar-refractivity contribution in [2.75, 3.05) is 6.61 Å². The Kier molecular flexibility index (Phi) is 4.90. The summed E-state index contributed by atoms with van der Waals surface area (Å²) >= 11 is 0. The highest BCUT2D eigenvalue weighted by Gasteiger charge is 2.42. The molecule has 0 aliphatic carbocycles. The van der Waals surface area contributed by atoms with Gasteiger partial charge in [-0.15, -0.1) is 0 Å². The van der Waals surface area contributed by atoms with Crippen LogP contribution in [-0.4, -0.2) is 30.5 Å².